The molecule has 3 rings (SSSR count). The van der Waals surface area contributed by atoms with Gasteiger partial charge in [0.25, 0.3) is 0 Å². The van der Waals surface area contributed by atoms with E-state index in [4.69, 9.17) is 5.10 Å². The lowest BCUT2D eigenvalue weighted by atomic mass is 10.00. The standard InChI is InChI=1S/C17H22FN3/c1-3-12(4-2)15-11-17-19-9-8-16(21(17)20-15)13-6-5-7-14(18)10-13/h5-7,10-12,16,19H,3-4,8-9H2,1-2H3. The Kier molecular flexibility index (Phi) is 3.95. The number of aromatic nitrogens is 2. The number of nitrogens with one attached hydrogen (secondary N) is 1. The zero-order valence-electron chi connectivity index (χ0n) is 12.6. The van der Waals surface area contributed by atoms with Gasteiger partial charge in [-0.2, -0.15) is 5.10 Å². The minimum absolute atomic E-state index is 0.125. The van der Waals surface area contributed by atoms with E-state index in [1.165, 1.54) is 6.07 Å². The van der Waals surface area contributed by atoms with E-state index in [1.807, 2.05) is 10.7 Å². The Labute approximate surface area is 125 Å². The lowest BCUT2D eigenvalue weighted by molar-refractivity contribution is 0.468. The van der Waals surface area contributed by atoms with E-state index < -0.39 is 0 Å². The van der Waals surface area contributed by atoms with Crippen molar-refractivity contribution < 1.29 is 4.39 Å². The van der Waals surface area contributed by atoms with Gasteiger partial charge < -0.3 is 5.32 Å². The monoisotopic (exact) mass is 287 g/mol. The molecule has 2 heterocycles. The number of rotatable bonds is 4. The average Bonchev–Trinajstić information content (AvgIpc) is 2.92. The number of anilines is 1. The second-order valence-corrected chi connectivity index (χ2v) is 5.70. The van der Waals surface area contributed by atoms with Crippen LogP contribution in [0.15, 0.2) is 30.3 Å². The summed E-state index contributed by atoms with van der Waals surface area (Å²) in [4.78, 5) is 0. The second-order valence-electron chi connectivity index (χ2n) is 5.70. The largest absolute Gasteiger partial charge is 0.370 e. The smallest absolute Gasteiger partial charge is 0.125 e. The van der Waals surface area contributed by atoms with Crippen molar-refractivity contribution in [2.75, 3.05) is 11.9 Å². The Balaban J connectivity index is 1.98. The van der Waals surface area contributed by atoms with Gasteiger partial charge in [-0.15, -0.1) is 0 Å². The number of nitrogens with zero attached hydrogens (tertiary/aromatic N) is 2. The Morgan fingerprint density at radius 1 is 1.33 bits per heavy atom. The molecule has 1 aromatic heterocycles. The van der Waals surface area contributed by atoms with Crippen LogP contribution in [0.2, 0.25) is 0 Å². The zero-order chi connectivity index (χ0) is 14.8. The first kappa shape index (κ1) is 14.1. The van der Waals surface area contributed by atoms with E-state index in [9.17, 15) is 4.39 Å². The van der Waals surface area contributed by atoms with Crippen molar-refractivity contribution >= 4 is 5.82 Å². The SMILES string of the molecule is CCC(CC)c1cc2n(n1)C(c1cccc(F)c1)CCN2. The van der Waals surface area contributed by atoms with Crippen LogP contribution < -0.4 is 5.32 Å². The molecule has 0 spiro atoms. The van der Waals surface area contributed by atoms with E-state index in [-0.39, 0.29) is 11.9 Å². The van der Waals surface area contributed by atoms with Gasteiger partial charge in [0.1, 0.15) is 11.6 Å². The molecule has 1 aliphatic rings. The molecule has 1 unspecified atom stereocenters. The second kappa shape index (κ2) is 5.88. The molecule has 1 aromatic carbocycles. The fraction of sp³-hybridized carbons (Fsp3) is 0.471. The summed E-state index contributed by atoms with van der Waals surface area (Å²) in [5.41, 5.74) is 2.14. The van der Waals surface area contributed by atoms with Crippen LogP contribution >= 0.6 is 0 Å². The summed E-state index contributed by atoms with van der Waals surface area (Å²) in [5.74, 6) is 1.37. The van der Waals surface area contributed by atoms with E-state index >= 15 is 0 Å². The van der Waals surface area contributed by atoms with Gasteiger partial charge in [0, 0.05) is 18.5 Å². The molecular weight excluding hydrogens is 265 g/mol. The highest BCUT2D eigenvalue weighted by molar-refractivity contribution is 5.42. The third-order valence-corrected chi connectivity index (χ3v) is 4.41. The fourth-order valence-electron chi connectivity index (χ4n) is 3.17. The van der Waals surface area contributed by atoms with Crippen molar-refractivity contribution in [1.29, 1.82) is 0 Å². The van der Waals surface area contributed by atoms with Gasteiger partial charge in [-0.1, -0.05) is 26.0 Å². The maximum absolute atomic E-state index is 13.5. The van der Waals surface area contributed by atoms with Gasteiger partial charge >= 0.3 is 0 Å². The highest BCUT2D eigenvalue weighted by Crippen LogP contribution is 2.33. The van der Waals surface area contributed by atoms with Crippen molar-refractivity contribution in [1.82, 2.24) is 9.78 Å². The Bertz CT molecular complexity index is 616. The molecule has 0 radical (unpaired) electrons. The van der Waals surface area contributed by atoms with Gasteiger partial charge in [-0.3, -0.25) is 0 Å². The van der Waals surface area contributed by atoms with E-state index in [0.717, 1.165) is 42.9 Å². The minimum atomic E-state index is -0.181. The molecule has 2 aromatic rings. The lowest BCUT2D eigenvalue weighted by Crippen LogP contribution is -2.24. The van der Waals surface area contributed by atoms with Crippen LogP contribution in [0.1, 0.15) is 56.3 Å². The molecule has 4 heteroatoms. The first-order valence-corrected chi connectivity index (χ1v) is 7.81. The number of hydrogen-bond acceptors (Lipinski definition) is 2. The molecule has 0 fully saturated rings. The van der Waals surface area contributed by atoms with Crippen LogP contribution in [0.4, 0.5) is 10.2 Å². The van der Waals surface area contributed by atoms with E-state index in [1.54, 1.807) is 12.1 Å². The molecule has 112 valence electrons. The minimum Gasteiger partial charge on any atom is -0.370 e. The van der Waals surface area contributed by atoms with Gasteiger partial charge in [0.05, 0.1) is 11.7 Å². The number of hydrogen-bond donors (Lipinski definition) is 1. The summed E-state index contributed by atoms with van der Waals surface area (Å²) in [7, 11) is 0. The van der Waals surface area contributed by atoms with E-state index in [0.29, 0.717) is 5.92 Å². The average molecular weight is 287 g/mol. The highest BCUT2D eigenvalue weighted by Gasteiger charge is 2.24. The topological polar surface area (TPSA) is 29.9 Å². The van der Waals surface area contributed by atoms with Crippen molar-refractivity contribution in [3.63, 3.8) is 0 Å². The van der Waals surface area contributed by atoms with Crippen LogP contribution in [0.3, 0.4) is 0 Å². The van der Waals surface area contributed by atoms with Gasteiger partial charge in [0.2, 0.25) is 0 Å². The van der Waals surface area contributed by atoms with Gasteiger partial charge in [-0.05, 0) is 37.0 Å². The molecule has 0 aliphatic carbocycles. The fourth-order valence-corrected chi connectivity index (χ4v) is 3.17. The molecule has 1 atom stereocenters. The molecule has 3 nitrogen and oxygen atoms in total. The van der Waals surface area contributed by atoms with Crippen molar-refractivity contribution in [2.45, 2.75) is 45.1 Å². The normalized spacial score (nSPS) is 17.6. The maximum Gasteiger partial charge on any atom is 0.125 e. The molecule has 21 heavy (non-hydrogen) atoms. The predicted octanol–water partition coefficient (Wildman–Crippen LogP) is 4.33. The molecule has 0 saturated carbocycles. The maximum atomic E-state index is 13.5. The number of benzene rings is 1. The molecule has 0 amide bonds. The quantitative estimate of drug-likeness (QED) is 0.907. The van der Waals surface area contributed by atoms with Crippen molar-refractivity contribution in [3.05, 3.63) is 47.4 Å². The predicted molar refractivity (Wildman–Crippen MR) is 83.2 cm³/mol. The number of fused-ring (bicyclic) bond motifs is 1. The number of halogens is 1. The summed E-state index contributed by atoms with van der Waals surface area (Å²) in [6, 6.07) is 9.16. The summed E-state index contributed by atoms with van der Waals surface area (Å²) < 4.78 is 15.5. The van der Waals surface area contributed by atoms with Crippen LogP contribution in [0.25, 0.3) is 0 Å². The Hall–Kier alpha value is -1.84. The van der Waals surface area contributed by atoms with Crippen molar-refractivity contribution in [3.8, 4) is 0 Å². The molecular formula is C17H22FN3. The molecule has 1 aliphatic heterocycles. The van der Waals surface area contributed by atoms with Crippen molar-refractivity contribution in [2.24, 2.45) is 0 Å². The Morgan fingerprint density at radius 3 is 2.86 bits per heavy atom. The summed E-state index contributed by atoms with van der Waals surface area (Å²) >= 11 is 0. The first-order chi connectivity index (χ1) is 10.2. The van der Waals surface area contributed by atoms with Gasteiger partial charge in [0.15, 0.2) is 0 Å². The van der Waals surface area contributed by atoms with Crippen LogP contribution in [0.5, 0.6) is 0 Å². The lowest BCUT2D eigenvalue weighted by Gasteiger charge is -2.26. The van der Waals surface area contributed by atoms with Crippen LogP contribution in [0, 0.1) is 5.82 Å². The highest BCUT2D eigenvalue weighted by atomic mass is 19.1. The van der Waals surface area contributed by atoms with E-state index in [2.05, 4.69) is 25.2 Å². The first-order valence-electron chi connectivity index (χ1n) is 7.81. The summed E-state index contributed by atoms with van der Waals surface area (Å²) in [6.07, 6.45) is 3.12. The van der Waals surface area contributed by atoms with Crippen LogP contribution in [-0.4, -0.2) is 16.3 Å². The third-order valence-electron chi connectivity index (χ3n) is 4.41. The van der Waals surface area contributed by atoms with Gasteiger partial charge in [-0.25, -0.2) is 9.07 Å². The van der Waals surface area contributed by atoms with Crippen LogP contribution in [-0.2, 0) is 0 Å². The third kappa shape index (κ3) is 2.67. The molecule has 0 saturated heterocycles. The zero-order valence-corrected chi connectivity index (χ0v) is 12.6. The molecule has 1 N–H and O–H groups in total. The molecule has 0 bridgehead atoms. The summed E-state index contributed by atoms with van der Waals surface area (Å²) in [5, 5.41) is 8.22. The summed E-state index contributed by atoms with van der Waals surface area (Å²) in [6.45, 7) is 5.29. The Morgan fingerprint density at radius 2 is 2.14 bits per heavy atom.